The van der Waals surface area contributed by atoms with Gasteiger partial charge in [0.2, 0.25) is 5.78 Å². The lowest BCUT2D eigenvalue weighted by molar-refractivity contribution is -0.147. The highest BCUT2D eigenvalue weighted by Gasteiger charge is 2.55. The lowest BCUT2D eigenvalue weighted by Gasteiger charge is -2.36. The summed E-state index contributed by atoms with van der Waals surface area (Å²) in [6.45, 7) is 0.907. The minimum atomic E-state index is -0.928. The summed E-state index contributed by atoms with van der Waals surface area (Å²) in [4.78, 5) is 50.1. The van der Waals surface area contributed by atoms with E-state index in [1.807, 2.05) is 6.92 Å². The van der Waals surface area contributed by atoms with Gasteiger partial charge in [-0.2, -0.15) is 0 Å². The Morgan fingerprint density at radius 2 is 2.04 bits per heavy atom. The summed E-state index contributed by atoms with van der Waals surface area (Å²) in [5, 5.41) is 3.03. The molecular weight excluding hydrogens is 372 g/mol. The molecule has 2 atom stereocenters. The number of halogens is 1. The number of carbonyl (C=O) groups excluding carboxylic acids is 4. The highest BCUT2D eigenvalue weighted by molar-refractivity contribution is 6.34. The lowest BCUT2D eigenvalue weighted by Crippen LogP contribution is -2.54. The van der Waals surface area contributed by atoms with Crippen LogP contribution in [0.4, 0.5) is 4.79 Å². The van der Waals surface area contributed by atoms with Crippen molar-refractivity contribution in [1.82, 2.24) is 10.2 Å². The van der Waals surface area contributed by atoms with Crippen LogP contribution in [-0.2, 0) is 14.3 Å². The molecule has 1 spiro atoms. The summed E-state index contributed by atoms with van der Waals surface area (Å²) in [7, 11) is 0. The molecular formula is C19H21ClN2O5. The van der Waals surface area contributed by atoms with E-state index in [-0.39, 0.29) is 16.5 Å². The van der Waals surface area contributed by atoms with Gasteiger partial charge >= 0.3 is 12.0 Å². The number of nitrogens with zero attached hydrogens (tertiary/aromatic N) is 1. The molecule has 2 fully saturated rings. The Morgan fingerprint density at radius 1 is 1.30 bits per heavy atom. The van der Waals surface area contributed by atoms with E-state index in [1.54, 1.807) is 18.2 Å². The predicted molar refractivity (Wildman–Crippen MR) is 97.3 cm³/mol. The van der Waals surface area contributed by atoms with Crippen LogP contribution in [0.3, 0.4) is 0 Å². The zero-order valence-corrected chi connectivity index (χ0v) is 15.8. The summed E-state index contributed by atoms with van der Waals surface area (Å²) in [6.07, 6.45) is 3.27. The number of hydrogen-bond donors (Lipinski definition) is 1. The van der Waals surface area contributed by atoms with Crippen molar-refractivity contribution in [2.45, 2.75) is 38.1 Å². The maximum atomic E-state index is 12.8. The number of amides is 3. The van der Waals surface area contributed by atoms with Crippen LogP contribution in [0, 0.1) is 5.92 Å². The first-order valence-corrected chi connectivity index (χ1v) is 9.30. The number of imide groups is 1. The Bertz CT molecular complexity index is 796. The molecule has 1 aliphatic carbocycles. The third-order valence-electron chi connectivity index (χ3n) is 5.33. The van der Waals surface area contributed by atoms with Crippen molar-refractivity contribution >= 4 is 35.3 Å². The van der Waals surface area contributed by atoms with E-state index in [9.17, 15) is 19.2 Å². The fourth-order valence-corrected chi connectivity index (χ4v) is 3.97. The molecule has 0 radical (unpaired) electrons. The number of benzene rings is 1. The fraction of sp³-hybridized carbons (Fsp3) is 0.474. The lowest BCUT2D eigenvalue weighted by atomic mass is 9.73. The number of nitrogens with one attached hydrogen (secondary N) is 1. The summed E-state index contributed by atoms with van der Waals surface area (Å²) >= 11 is 5.94. The largest absolute Gasteiger partial charge is 0.456 e. The topological polar surface area (TPSA) is 92.8 Å². The van der Waals surface area contributed by atoms with Crippen molar-refractivity contribution in [3.05, 3.63) is 34.9 Å². The van der Waals surface area contributed by atoms with Gasteiger partial charge in [0.25, 0.3) is 5.91 Å². The van der Waals surface area contributed by atoms with E-state index in [2.05, 4.69) is 5.32 Å². The molecule has 1 aromatic carbocycles. The first-order valence-electron chi connectivity index (χ1n) is 8.92. The van der Waals surface area contributed by atoms with Gasteiger partial charge in [0.15, 0.2) is 6.61 Å². The van der Waals surface area contributed by atoms with Gasteiger partial charge in [0.1, 0.15) is 12.1 Å². The highest BCUT2D eigenvalue weighted by Crippen LogP contribution is 2.38. The fourth-order valence-electron chi connectivity index (χ4n) is 3.72. The van der Waals surface area contributed by atoms with Gasteiger partial charge in [0.05, 0.1) is 5.02 Å². The molecule has 1 aromatic rings. The van der Waals surface area contributed by atoms with Crippen LogP contribution in [0.25, 0.3) is 0 Å². The number of urea groups is 1. The number of ether oxygens (including phenoxy) is 1. The van der Waals surface area contributed by atoms with E-state index in [4.69, 9.17) is 16.3 Å². The second-order valence-corrected chi connectivity index (χ2v) is 7.41. The molecule has 144 valence electrons. The Hall–Kier alpha value is -2.41. The van der Waals surface area contributed by atoms with E-state index in [0.717, 1.165) is 24.2 Å². The van der Waals surface area contributed by atoms with Crippen molar-refractivity contribution in [2.75, 3.05) is 13.2 Å². The average Bonchev–Trinajstić information content (AvgIpc) is 2.87. The molecule has 27 heavy (non-hydrogen) atoms. The normalized spacial score (nSPS) is 24.8. The SMILES string of the molecule is C[C@@H]1CCCC[C@@]12NC(=O)N(CC(=O)OCC(=O)c1ccccc1Cl)C2=O. The van der Waals surface area contributed by atoms with Crippen molar-refractivity contribution in [2.24, 2.45) is 5.92 Å². The van der Waals surface area contributed by atoms with Gasteiger partial charge < -0.3 is 10.1 Å². The molecule has 0 unspecified atom stereocenters. The van der Waals surface area contributed by atoms with Crippen LogP contribution in [0.1, 0.15) is 43.0 Å². The number of Topliss-reactive ketones (excluding diaryl/α,β-unsaturated/α-hetero) is 1. The van der Waals surface area contributed by atoms with Crippen molar-refractivity contribution < 1.29 is 23.9 Å². The first-order chi connectivity index (χ1) is 12.8. The minimum absolute atomic E-state index is 0.00511. The predicted octanol–water partition coefficient (Wildman–Crippen LogP) is 2.57. The standard InChI is InChI=1S/C19H21ClN2O5/c1-12-6-4-5-9-19(12)17(25)22(18(26)21-19)10-16(24)27-11-15(23)13-7-2-3-8-14(13)20/h2-3,7-8,12H,4-6,9-11H2,1H3,(H,21,26)/t12-,19-/m1/s1. The van der Waals surface area contributed by atoms with Gasteiger partial charge in [0, 0.05) is 5.56 Å². The molecule has 3 amide bonds. The molecule has 1 saturated heterocycles. The summed E-state index contributed by atoms with van der Waals surface area (Å²) in [5.41, 5.74) is -0.680. The average molecular weight is 393 g/mol. The van der Waals surface area contributed by atoms with Gasteiger partial charge in [-0.1, -0.05) is 43.5 Å². The monoisotopic (exact) mass is 392 g/mol. The van der Waals surface area contributed by atoms with Gasteiger partial charge in [-0.25, -0.2) is 4.79 Å². The maximum Gasteiger partial charge on any atom is 0.326 e. The zero-order valence-electron chi connectivity index (χ0n) is 15.0. The van der Waals surface area contributed by atoms with E-state index in [1.165, 1.54) is 6.07 Å². The summed E-state index contributed by atoms with van der Waals surface area (Å²) in [5.74, 6) is -1.66. The molecule has 1 aliphatic heterocycles. The molecule has 2 aliphatic rings. The number of hydrogen-bond acceptors (Lipinski definition) is 5. The van der Waals surface area contributed by atoms with E-state index in [0.29, 0.717) is 6.42 Å². The van der Waals surface area contributed by atoms with Crippen LogP contribution in [0.15, 0.2) is 24.3 Å². The summed E-state index contributed by atoms with van der Waals surface area (Å²) < 4.78 is 4.95. The third-order valence-corrected chi connectivity index (χ3v) is 5.66. The smallest absolute Gasteiger partial charge is 0.326 e. The quantitative estimate of drug-likeness (QED) is 0.472. The Labute approximate surface area is 162 Å². The van der Waals surface area contributed by atoms with Gasteiger partial charge in [-0.15, -0.1) is 0 Å². The van der Waals surface area contributed by atoms with Crippen molar-refractivity contribution in [3.8, 4) is 0 Å². The third kappa shape index (κ3) is 3.69. The Morgan fingerprint density at radius 3 is 2.74 bits per heavy atom. The molecule has 8 heteroatoms. The van der Waals surface area contributed by atoms with Crippen LogP contribution in [0.2, 0.25) is 5.02 Å². The van der Waals surface area contributed by atoms with Crippen LogP contribution < -0.4 is 5.32 Å². The highest BCUT2D eigenvalue weighted by atomic mass is 35.5. The van der Waals surface area contributed by atoms with E-state index < -0.39 is 42.4 Å². The van der Waals surface area contributed by atoms with Crippen LogP contribution in [-0.4, -0.2) is 47.3 Å². The molecule has 1 saturated carbocycles. The second-order valence-electron chi connectivity index (χ2n) is 7.00. The number of ketones is 1. The molecule has 1 heterocycles. The number of carbonyl (C=O) groups is 4. The zero-order chi connectivity index (χ0) is 19.6. The molecule has 1 N–H and O–H groups in total. The van der Waals surface area contributed by atoms with Crippen LogP contribution >= 0.6 is 11.6 Å². The number of esters is 1. The maximum absolute atomic E-state index is 12.8. The van der Waals surface area contributed by atoms with E-state index >= 15 is 0 Å². The Balaban J connectivity index is 1.59. The summed E-state index contributed by atoms with van der Waals surface area (Å²) in [6, 6.07) is 5.84. The van der Waals surface area contributed by atoms with Gasteiger partial charge in [-0.05, 0) is 30.9 Å². The molecule has 7 nitrogen and oxygen atoms in total. The van der Waals surface area contributed by atoms with Crippen molar-refractivity contribution in [3.63, 3.8) is 0 Å². The number of rotatable bonds is 5. The molecule has 0 aromatic heterocycles. The minimum Gasteiger partial charge on any atom is -0.456 e. The Kier molecular flexibility index (Phi) is 5.51. The molecule has 3 rings (SSSR count). The van der Waals surface area contributed by atoms with Crippen LogP contribution in [0.5, 0.6) is 0 Å². The first kappa shape index (κ1) is 19.4. The van der Waals surface area contributed by atoms with Crippen molar-refractivity contribution in [1.29, 1.82) is 0 Å². The second kappa shape index (κ2) is 7.68. The molecule has 0 bridgehead atoms. The van der Waals surface area contributed by atoms with Gasteiger partial charge in [-0.3, -0.25) is 19.3 Å².